The first kappa shape index (κ1) is 19.4. The monoisotopic (exact) mass is 421 g/mol. The van der Waals surface area contributed by atoms with Crippen molar-refractivity contribution in [1.82, 2.24) is 10.3 Å². The summed E-state index contributed by atoms with van der Waals surface area (Å²) >= 11 is 12.1. The van der Waals surface area contributed by atoms with E-state index in [0.29, 0.717) is 21.2 Å². The van der Waals surface area contributed by atoms with Gasteiger partial charge < -0.3 is 5.32 Å². The van der Waals surface area contributed by atoms with E-state index in [-0.39, 0.29) is 11.9 Å². The number of hydrogen-bond acceptors (Lipinski definition) is 3. The molecule has 1 N–H and O–H groups in total. The van der Waals surface area contributed by atoms with Gasteiger partial charge in [0, 0.05) is 22.8 Å². The highest BCUT2D eigenvalue weighted by Crippen LogP contribution is 2.53. The van der Waals surface area contributed by atoms with Crippen LogP contribution in [0.1, 0.15) is 39.2 Å². The fourth-order valence-electron chi connectivity index (χ4n) is 3.75. The van der Waals surface area contributed by atoms with Gasteiger partial charge >= 0.3 is 0 Å². The molecule has 4 nitrogen and oxygen atoms in total. The summed E-state index contributed by atoms with van der Waals surface area (Å²) in [5.74, 6) is -0.174. The second-order valence-electron chi connectivity index (χ2n) is 7.21. The lowest BCUT2D eigenvalue weighted by Crippen LogP contribution is -2.32. The molecule has 1 aromatic heterocycles. The van der Waals surface area contributed by atoms with Crippen LogP contribution in [-0.2, 0) is 5.41 Å². The zero-order valence-electron chi connectivity index (χ0n) is 15.6. The van der Waals surface area contributed by atoms with E-state index < -0.39 is 5.41 Å². The Balaban J connectivity index is 1.64. The average Bonchev–Trinajstić information content (AvgIpc) is 3.43. The van der Waals surface area contributed by atoms with E-state index in [0.717, 1.165) is 23.2 Å². The third-order valence-corrected chi connectivity index (χ3v) is 5.89. The van der Waals surface area contributed by atoms with Crippen LogP contribution in [0.4, 0.5) is 0 Å². The minimum atomic E-state index is -0.424. The number of hydrogen-bond donors (Lipinski definition) is 1. The number of carbonyl (C=O) groups excluding carboxylic acids is 1. The third kappa shape index (κ3) is 3.60. The van der Waals surface area contributed by atoms with E-state index in [4.69, 9.17) is 28.5 Å². The SMILES string of the molecule is Cc1cc(C(=O)NC2CC2(c2ccc(Cl)cc2)c2ccc(Cl)cn2)ccc1C#N. The molecule has 2 unspecified atom stereocenters. The van der Waals surface area contributed by atoms with Gasteiger partial charge in [-0.15, -0.1) is 0 Å². The number of benzene rings is 2. The van der Waals surface area contributed by atoms with Crippen LogP contribution in [0.15, 0.2) is 60.8 Å². The lowest BCUT2D eigenvalue weighted by molar-refractivity contribution is 0.0948. The highest BCUT2D eigenvalue weighted by molar-refractivity contribution is 6.30. The number of nitrogens with zero attached hydrogens (tertiary/aromatic N) is 2. The quantitative estimate of drug-likeness (QED) is 0.640. The molecule has 1 fully saturated rings. The number of nitrogens with one attached hydrogen (secondary N) is 1. The van der Waals surface area contributed by atoms with E-state index in [1.807, 2.05) is 43.3 Å². The Labute approximate surface area is 179 Å². The Morgan fingerprint density at radius 1 is 1.14 bits per heavy atom. The van der Waals surface area contributed by atoms with E-state index in [2.05, 4.69) is 16.4 Å². The summed E-state index contributed by atoms with van der Waals surface area (Å²) in [5.41, 5.74) is 3.34. The van der Waals surface area contributed by atoms with Crippen LogP contribution in [0.25, 0.3) is 0 Å². The molecular weight excluding hydrogens is 405 g/mol. The molecule has 144 valence electrons. The van der Waals surface area contributed by atoms with Gasteiger partial charge in [-0.1, -0.05) is 35.3 Å². The van der Waals surface area contributed by atoms with E-state index in [1.165, 1.54) is 0 Å². The van der Waals surface area contributed by atoms with E-state index in [9.17, 15) is 4.79 Å². The maximum Gasteiger partial charge on any atom is 0.251 e. The van der Waals surface area contributed by atoms with Gasteiger partial charge in [0.15, 0.2) is 0 Å². The lowest BCUT2D eigenvalue weighted by atomic mass is 9.90. The lowest BCUT2D eigenvalue weighted by Gasteiger charge is -2.19. The molecule has 1 heterocycles. The number of rotatable bonds is 4. The first-order valence-corrected chi connectivity index (χ1v) is 9.89. The molecule has 0 aliphatic heterocycles. The Hall–Kier alpha value is -2.87. The minimum absolute atomic E-state index is 0.110. The van der Waals surface area contributed by atoms with Crippen LogP contribution in [0, 0.1) is 18.3 Å². The first-order chi connectivity index (χ1) is 13.9. The Morgan fingerprint density at radius 2 is 1.86 bits per heavy atom. The molecular formula is C23H17Cl2N3O. The predicted octanol–water partition coefficient (Wildman–Crippen LogP) is 5.06. The molecule has 4 rings (SSSR count). The summed E-state index contributed by atoms with van der Waals surface area (Å²) in [6.45, 7) is 1.82. The summed E-state index contributed by atoms with van der Waals surface area (Å²) in [7, 11) is 0. The number of halogens is 2. The van der Waals surface area contributed by atoms with Gasteiger partial charge in [-0.2, -0.15) is 5.26 Å². The zero-order valence-corrected chi connectivity index (χ0v) is 17.1. The standard InChI is InChI=1S/C23H17Cl2N3O/c1-14-10-15(2-3-16(14)12-26)22(29)28-21-11-23(21,17-4-6-18(24)7-5-17)20-9-8-19(25)13-27-20/h2-10,13,21H,11H2,1H3,(H,28,29). The van der Waals surface area contributed by atoms with Crippen molar-refractivity contribution in [2.45, 2.75) is 24.8 Å². The molecule has 0 radical (unpaired) electrons. The van der Waals surface area contributed by atoms with Crippen LogP contribution in [-0.4, -0.2) is 16.9 Å². The second-order valence-corrected chi connectivity index (χ2v) is 8.08. The molecule has 6 heteroatoms. The molecule has 1 saturated carbocycles. The Kier molecular flexibility index (Phi) is 5.04. The van der Waals surface area contributed by atoms with Crippen LogP contribution >= 0.6 is 23.2 Å². The van der Waals surface area contributed by atoms with E-state index >= 15 is 0 Å². The molecule has 0 bridgehead atoms. The molecule has 0 spiro atoms. The second kappa shape index (κ2) is 7.51. The summed E-state index contributed by atoms with van der Waals surface area (Å²) in [5, 5.41) is 13.4. The number of pyridine rings is 1. The zero-order chi connectivity index (χ0) is 20.6. The van der Waals surface area contributed by atoms with Crippen molar-refractivity contribution in [2.24, 2.45) is 0 Å². The number of nitriles is 1. The highest BCUT2D eigenvalue weighted by Gasteiger charge is 2.58. The molecule has 29 heavy (non-hydrogen) atoms. The van der Waals surface area contributed by atoms with Gasteiger partial charge in [-0.05, 0) is 66.9 Å². The van der Waals surface area contributed by atoms with Crippen molar-refractivity contribution in [1.29, 1.82) is 5.26 Å². The maximum atomic E-state index is 12.8. The fraction of sp³-hybridized carbons (Fsp3) is 0.174. The van der Waals surface area contributed by atoms with Gasteiger partial charge in [0.25, 0.3) is 5.91 Å². The Bertz CT molecular complexity index is 1070. The number of aryl methyl sites for hydroxylation is 1. The predicted molar refractivity (Wildman–Crippen MR) is 113 cm³/mol. The van der Waals surface area contributed by atoms with Gasteiger partial charge in [-0.3, -0.25) is 9.78 Å². The number of aromatic nitrogens is 1. The third-order valence-electron chi connectivity index (χ3n) is 5.42. The largest absolute Gasteiger partial charge is 0.348 e. The normalized spacial score (nSPS) is 20.0. The minimum Gasteiger partial charge on any atom is -0.348 e. The molecule has 2 aromatic carbocycles. The van der Waals surface area contributed by atoms with Gasteiger partial charge in [0.05, 0.1) is 27.8 Å². The van der Waals surface area contributed by atoms with Crippen molar-refractivity contribution in [3.63, 3.8) is 0 Å². The number of amides is 1. The first-order valence-electron chi connectivity index (χ1n) is 9.14. The van der Waals surface area contributed by atoms with Crippen LogP contribution < -0.4 is 5.32 Å². The molecule has 1 aliphatic rings. The van der Waals surface area contributed by atoms with Crippen LogP contribution in [0.5, 0.6) is 0 Å². The summed E-state index contributed by atoms with van der Waals surface area (Å²) in [4.78, 5) is 17.4. The van der Waals surface area contributed by atoms with Gasteiger partial charge in [0.1, 0.15) is 0 Å². The van der Waals surface area contributed by atoms with Crippen molar-refractivity contribution < 1.29 is 4.79 Å². The molecule has 0 saturated heterocycles. The van der Waals surface area contributed by atoms with Crippen LogP contribution in [0.2, 0.25) is 10.0 Å². The van der Waals surface area contributed by atoms with Gasteiger partial charge in [-0.25, -0.2) is 0 Å². The van der Waals surface area contributed by atoms with Crippen molar-refractivity contribution in [2.75, 3.05) is 0 Å². The molecule has 3 aromatic rings. The average molecular weight is 422 g/mol. The maximum absolute atomic E-state index is 12.8. The summed E-state index contributed by atoms with van der Waals surface area (Å²) < 4.78 is 0. The van der Waals surface area contributed by atoms with Gasteiger partial charge in [0.2, 0.25) is 0 Å². The Morgan fingerprint density at radius 3 is 2.48 bits per heavy atom. The molecule has 1 amide bonds. The van der Waals surface area contributed by atoms with Crippen molar-refractivity contribution in [3.05, 3.63) is 98.8 Å². The summed E-state index contributed by atoms with van der Waals surface area (Å²) in [6, 6.07) is 18.4. The van der Waals surface area contributed by atoms with Crippen molar-refractivity contribution >= 4 is 29.1 Å². The molecule has 2 atom stereocenters. The van der Waals surface area contributed by atoms with Crippen LogP contribution in [0.3, 0.4) is 0 Å². The molecule has 1 aliphatic carbocycles. The van der Waals surface area contributed by atoms with Crippen molar-refractivity contribution in [3.8, 4) is 6.07 Å². The van der Waals surface area contributed by atoms with E-state index in [1.54, 1.807) is 24.4 Å². The topological polar surface area (TPSA) is 65.8 Å². The number of carbonyl (C=O) groups is 1. The summed E-state index contributed by atoms with van der Waals surface area (Å²) in [6.07, 6.45) is 2.35. The highest BCUT2D eigenvalue weighted by atomic mass is 35.5. The fourth-order valence-corrected chi connectivity index (χ4v) is 3.98. The smallest absolute Gasteiger partial charge is 0.251 e.